The van der Waals surface area contributed by atoms with Crippen LogP contribution >= 0.6 is 11.8 Å². The molecule has 1 aliphatic carbocycles. The van der Waals surface area contributed by atoms with Crippen molar-refractivity contribution in [2.24, 2.45) is 0 Å². The average molecular weight is 274 g/mol. The van der Waals surface area contributed by atoms with Gasteiger partial charge in [0.15, 0.2) is 0 Å². The minimum absolute atomic E-state index is 0.356. The second-order valence-electron chi connectivity index (χ2n) is 5.46. The van der Waals surface area contributed by atoms with Crippen molar-refractivity contribution >= 4 is 17.4 Å². The van der Waals surface area contributed by atoms with Crippen LogP contribution in [0, 0.1) is 18.3 Å². The first-order chi connectivity index (χ1) is 9.19. The predicted octanol–water partition coefficient (Wildman–Crippen LogP) is 4.34. The standard InChI is InChI=1S/C16H22N2S/c1-13-6-7-14(11-17)15(10-13)18-12-16(19-2)8-4-3-5-9-16/h6-7,10,18H,3-5,8-9,12H2,1-2H3. The number of benzene rings is 1. The Hall–Kier alpha value is -1.14. The van der Waals surface area contributed by atoms with E-state index in [1.165, 1.54) is 37.7 Å². The summed E-state index contributed by atoms with van der Waals surface area (Å²) in [5.74, 6) is 0. The largest absolute Gasteiger partial charge is 0.383 e. The van der Waals surface area contributed by atoms with Gasteiger partial charge in [0, 0.05) is 11.3 Å². The topological polar surface area (TPSA) is 35.8 Å². The maximum atomic E-state index is 9.17. The van der Waals surface area contributed by atoms with E-state index in [4.69, 9.17) is 0 Å². The summed E-state index contributed by atoms with van der Waals surface area (Å²) >= 11 is 1.98. The Morgan fingerprint density at radius 2 is 2.05 bits per heavy atom. The van der Waals surface area contributed by atoms with Crippen LogP contribution in [-0.4, -0.2) is 17.5 Å². The summed E-state index contributed by atoms with van der Waals surface area (Å²) in [6, 6.07) is 8.25. The third kappa shape index (κ3) is 3.45. The first-order valence-corrected chi connectivity index (χ1v) is 8.21. The first-order valence-electron chi connectivity index (χ1n) is 6.99. The number of nitrogens with one attached hydrogen (secondary N) is 1. The highest BCUT2D eigenvalue weighted by atomic mass is 32.2. The lowest BCUT2D eigenvalue weighted by Gasteiger charge is -2.36. The molecular weight excluding hydrogens is 252 g/mol. The predicted molar refractivity (Wildman–Crippen MR) is 83.7 cm³/mol. The fourth-order valence-electron chi connectivity index (χ4n) is 2.81. The van der Waals surface area contributed by atoms with E-state index in [2.05, 4.69) is 30.6 Å². The third-order valence-electron chi connectivity index (χ3n) is 4.09. The molecule has 1 aromatic carbocycles. The van der Waals surface area contributed by atoms with Crippen molar-refractivity contribution < 1.29 is 0 Å². The van der Waals surface area contributed by atoms with Crippen LogP contribution in [0.15, 0.2) is 18.2 Å². The number of nitrogens with zero attached hydrogens (tertiary/aromatic N) is 1. The summed E-state index contributed by atoms with van der Waals surface area (Å²) in [7, 11) is 0. The fraction of sp³-hybridized carbons (Fsp3) is 0.562. The molecule has 1 aromatic rings. The van der Waals surface area contributed by atoms with Gasteiger partial charge < -0.3 is 5.32 Å². The molecule has 1 aliphatic rings. The zero-order valence-corrected chi connectivity index (χ0v) is 12.6. The molecule has 0 radical (unpaired) electrons. The molecule has 1 saturated carbocycles. The third-order valence-corrected chi connectivity index (χ3v) is 5.51. The maximum Gasteiger partial charge on any atom is 0.101 e. The van der Waals surface area contributed by atoms with Crippen molar-refractivity contribution in [2.75, 3.05) is 18.1 Å². The van der Waals surface area contributed by atoms with Gasteiger partial charge in [-0.2, -0.15) is 17.0 Å². The number of aryl methyl sites for hydroxylation is 1. The van der Waals surface area contributed by atoms with E-state index in [-0.39, 0.29) is 0 Å². The number of nitriles is 1. The van der Waals surface area contributed by atoms with Gasteiger partial charge in [-0.3, -0.25) is 0 Å². The fourth-order valence-corrected chi connectivity index (χ4v) is 3.72. The van der Waals surface area contributed by atoms with Gasteiger partial charge in [-0.1, -0.05) is 25.3 Å². The Kier molecular flexibility index (Phi) is 4.76. The Labute approximate surface area is 120 Å². The van der Waals surface area contributed by atoms with E-state index >= 15 is 0 Å². The van der Waals surface area contributed by atoms with Gasteiger partial charge in [0.1, 0.15) is 6.07 Å². The van der Waals surface area contributed by atoms with Gasteiger partial charge in [-0.25, -0.2) is 0 Å². The zero-order valence-electron chi connectivity index (χ0n) is 11.8. The van der Waals surface area contributed by atoms with Gasteiger partial charge >= 0.3 is 0 Å². The quantitative estimate of drug-likeness (QED) is 0.887. The van der Waals surface area contributed by atoms with E-state index in [0.717, 1.165) is 17.8 Å². The summed E-state index contributed by atoms with van der Waals surface area (Å²) in [5, 5.41) is 12.7. The summed E-state index contributed by atoms with van der Waals surface area (Å²) < 4.78 is 0.356. The highest BCUT2D eigenvalue weighted by Gasteiger charge is 2.30. The first kappa shape index (κ1) is 14.3. The average Bonchev–Trinajstić information content (AvgIpc) is 2.46. The summed E-state index contributed by atoms with van der Waals surface area (Å²) in [5.41, 5.74) is 2.93. The lowest BCUT2D eigenvalue weighted by molar-refractivity contribution is 0.411. The molecular formula is C16H22N2S. The lowest BCUT2D eigenvalue weighted by atomic mass is 9.88. The molecule has 1 N–H and O–H groups in total. The van der Waals surface area contributed by atoms with Gasteiger partial charge in [-0.05, 0) is 43.7 Å². The molecule has 0 spiro atoms. The number of hydrogen-bond acceptors (Lipinski definition) is 3. The van der Waals surface area contributed by atoms with Gasteiger partial charge in [0.05, 0.1) is 11.3 Å². The van der Waals surface area contributed by atoms with Crippen molar-refractivity contribution in [3.63, 3.8) is 0 Å². The van der Waals surface area contributed by atoms with Crippen molar-refractivity contribution in [1.29, 1.82) is 5.26 Å². The van der Waals surface area contributed by atoms with E-state index in [0.29, 0.717) is 4.75 Å². The molecule has 0 bridgehead atoms. The Morgan fingerprint density at radius 1 is 1.32 bits per heavy atom. The SMILES string of the molecule is CSC1(CNc2cc(C)ccc2C#N)CCCCC1. The van der Waals surface area contributed by atoms with Gasteiger partial charge in [-0.15, -0.1) is 0 Å². The van der Waals surface area contributed by atoms with Crippen molar-refractivity contribution in [2.45, 2.75) is 43.8 Å². The maximum absolute atomic E-state index is 9.17. The lowest BCUT2D eigenvalue weighted by Crippen LogP contribution is -2.35. The second-order valence-corrected chi connectivity index (χ2v) is 6.74. The van der Waals surface area contributed by atoms with E-state index in [9.17, 15) is 5.26 Å². The van der Waals surface area contributed by atoms with Crippen LogP contribution in [0.1, 0.15) is 43.2 Å². The molecule has 0 unspecified atom stereocenters. The van der Waals surface area contributed by atoms with Gasteiger partial charge in [0.25, 0.3) is 0 Å². The zero-order chi connectivity index (χ0) is 13.7. The van der Waals surface area contributed by atoms with Crippen molar-refractivity contribution in [1.82, 2.24) is 0 Å². The van der Waals surface area contributed by atoms with Crippen LogP contribution in [0.5, 0.6) is 0 Å². The molecule has 3 heteroatoms. The van der Waals surface area contributed by atoms with Crippen LogP contribution in [0.25, 0.3) is 0 Å². The molecule has 0 aromatic heterocycles. The molecule has 19 heavy (non-hydrogen) atoms. The van der Waals surface area contributed by atoms with Crippen molar-refractivity contribution in [3.05, 3.63) is 29.3 Å². The number of thioether (sulfide) groups is 1. The van der Waals surface area contributed by atoms with E-state index < -0.39 is 0 Å². The molecule has 2 rings (SSSR count). The van der Waals surface area contributed by atoms with Gasteiger partial charge in [0.2, 0.25) is 0 Å². The minimum Gasteiger partial charge on any atom is -0.383 e. The van der Waals surface area contributed by atoms with Crippen LogP contribution in [0.2, 0.25) is 0 Å². The molecule has 102 valence electrons. The monoisotopic (exact) mass is 274 g/mol. The Balaban J connectivity index is 2.09. The molecule has 1 fully saturated rings. The van der Waals surface area contributed by atoms with Crippen LogP contribution < -0.4 is 5.32 Å². The highest BCUT2D eigenvalue weighted by Crippen LogP contribution is 2.38. The van der Waals surface area contributed by atoms with Crippen LogP contribution in [0.4, 0.5) is 5.69 Å². The summed E-state index contributed by atoms with van der Waals surface area (Å²) in [6.07, 6.45) is 8.83. The molecule has 0 saturated heterocycles. The second kappa shape index (κ2) is 6.34. The summed E-state index contributed by atoms with van der Waals surface area (Å²) in [6.45, 7) is 3.03. The number of rotatable bonds is 4. The molecule has 0 aliphatic heterocycles. The van der Waals surface area contributed by atoms with Crippen molar-refractivity contribution in [3.8, 4) is 6.07 Å². The highest BCUT2D eigenvalue weighted by molar-refractivity contribution is 8.00. The molecule has 0 atom stereocenters. The Morgan fingerprint density at radius 3 is 2.68 bits per heavy atom. The van der Waals surface area contributed by atoms with Crippen LogP contribution in [-0.2, 0) is 0 Å². The minimum atomic E-state index is 0.356. The molecule has 0 amide bonds. The summed E-state index contributed by atoms with van der Waals surface area (Å²) in [4.78, 5) is 0. The normalized spacial score (nSPS) is 17.7. The number of anilines is 1. The number of hydrogen-bond donors (Lipinski definition) is 1. The van der Waals surface area contributed by atoms with E-state index in [1.807, 2.05) is 23.9 Å². The molecule has 0 heterocycles. The van der Waals surface area contributed by atoms with Crippen LogP contribution in [0.3, 0.4) is 0 Å². The smallest absolute Gasteiger partial charge is 0.101 e. The van der Waals surface area contributed by atoms with E-state index in [1.54, 1.807) is 0 Å². The Bertz CT molecular complexity index is 470. The molecule has 2 nitrogen and oxygen atoms in total.